The standard InChI is InChI=1S/C26H39NO6/c1-3-4-5-8-19(33-26(31)16(2)27)10-11-20-21-12-17-7-6-9-24(32-15-25(29)30)22(17)13-18(21)14-23(20)28/h6-7,9,16,18-21,23,28H,3-5,8,10-15,27H2,1-2H3,(H,29,30)/t16?,18?,19-,20+,21?,23+/m0/s1. The number of hydrogen-bond donors (Lipinski definition) is 3. The van der Waals surface area contributed by atoms with Crippen molar-refractivity contribution in [1.82, 2.24) is 0 Å². The summed E-state index contributed by atoms with van der Waals surface area (Å²) in [6, 6.07) is 5.19. The van der Waals surface area contributed by atoms with Crippen molar-refractivity contribution in [3.05, 3.63) is 29.3 Å². The summed E-state index contributed by atoms with van der Waals surface area (Å²) in [7, 11) is 0. The molecule has 7 nitrogen and oxygen atoms in total. The van der Waals surface area contributed by atoms with Gasteiger partial charge in [0.1, 0.15) is 17.9 Å². The van der Waals surface area contributed by atoms with Crippen LogP contribution in [0.2, 0.25) is 0 Å². The maximum absolute atomic E-state index is 12.1. The Balaban J connectivity index is 1.66. The molecular weight excluding hydrogens is 422 g/mol. The number of carboxylic acids is 1. The van der Waals surface area contributed by atoms with Gasteiger partial charge in [-0.15, -0.1) is 0 Å². The maximum atomic E-state index is 12.1. The van der Waals surface area contributed by atoms with Crippen LogP contribution in [0.25, 0.3) is 0 Å². The number of unbranched alkanes of at least 4 members (excludes halogenated alkanes) is 2. The van der Waals surface area contributed by atoms with Crippen molar-refractivity contribution in [2.24, 2.45) is 23.5 Å². The van der Waals surface area contributed by atoms with E-state index in [1.165, 1.54) is 5.56 Å². The molecule has 0 amide bonds. The molecular formula is C26H39NO6. The molecule has 33 heavy (non-hydrogen) atoms. The third-order valence-electron chi connectivity index (χ3n) is 7.30. The predicted octanol–water partition coefficient (Wildman–Crippen LogP) is 3.48. The van der Waals surface area contributed by atoms with Gasteiger partial charge in [0.05, 0.1) is 6.10 Å². The Labute approximate surface area is 196 Å². The number of ether oxygens (including phenoxy) is 2. The lowest BCUT2D eigenvalue weighted by Crippen LogP contribution is -2.33. The molecule has 0 heterocycles. The first-order chi connectivity index (χ1) is 15.8. The van der Waals surface area contributed by atoms with Gasteiger partial charge in [0, 0.05) is 0 Å². The second-order valence-corrected chi connectivity index (χ2v) is 9.80. The number of benzene rings is 1. The highest BCUT2D eigenvalue weighted by atomic mass is 16.5. The summed E-state index contributed by atoms with van der Waals surface area (Å²) in [4.78, 5) is 23.0. The number of aliphatic hydroxyl groups excluding tert-OH is 1. The van der Waals surface area contributed by atoms with Gasteiger partial charge >= 0.3 is 11.9 Å². The second-order valence-electron chi connectivity index (χ2n) is 9.80. The van der Waals surface area contributed by atoms with Crippen LogP contribution in [-0.4, -0.2) is 47.0 Å². The summed E-state index contributed by atoms with van der Waals surface area (Å²) in [6.45, 7) is 3.44. The molecule has 0 bridgehead atoms. The number of carbonyl (C=O) groups excluding carboxylic acids is 1. The van der Waals surface area contributed by atoms with E-state index >= 15 is 0 Å². The normalized spacial score (nSPS) is 25.6. The van der Waals surface area contributed by atoms with Crippen molar-refractivity contribution in [3.63, 3.8) is 0 Å². The smallest absolute Gasteiger partial charge is 0.341 e. The van der Waals surface area contributed by atoms with E-state index in [4.69, 9.17) is 20.3 Å². The minimum absolute atomic E-state index is 0.159. The lowest BCUT2D eigenvalue weighted by Gasteiger charge is -2.33. The van der Waals surface area contributed by atoms with Crippen molar-refractivity contribution < 1.29 is 29.3 Å². The fourth-order valence-corrected chi connectivity index (χ4v) is 5.61. The molecule has 0 spiro atoms. The van der Waals surface area contributed by atoms with Crippen molar-refractivity contribution in [2.45, 2.75) is 89.9 Å². The van der Waals surface area contributed by atoms with E-state index in [9.17, 15) is 14.7 Å². The Bertz CT molecular complexity index is 810. The molecule has 0 aromatic heterocycles. The molecule has 0 saturated heterocycles. The van der Waals surface area contributed by atoms with Gasteiger partial charge in [-0.3, -0.25) is 4.79 Å². The number of carbonyl (C=O) groups is 2. The van der Waals surface area contributed by atoms with Crippen LogP contribution in [0, 0.1) is 17.8 Å². The lowest BCUT2D eigenvalue weighted by atomic mass is 9.73. The molecule has 2 aliphatic carbocycles. The summed E-state index contributed by atoms with van der Waals surface area (Å²) in [6.07, 6.45) is 7.46. The fraction of sp³-hybridized carbons (Fsp3) is 0.692. The topological polar surface area (TPSA) is 119 Å². The van der Waals surface area contributed by atoms with Crippen LogP contribution in [0.4, 0.5) is 0 Å². The van der Waals surface area contributed by atoms with Gasteiger partial charge in [0.2, 0.25) is 0 Å². The van der Waals surface area contributed by atoms with Gasteiger partial charge < -0.3 is 25.4 Å². The minimum atomic E-state index is -0.990. The molecule has 3 unspecified atom stereocenters. The summed E-state index contributed by atoms with van der Waals surface area (Å²) >= 11 is 0. The number of aliphatic hydroxyl groups is 1. The largest absolute Gasteiger partial charge is 0.482 e. The fourth-order valence-electron chi connectivity index (χ4n) is 5.61. The van der Waals surface area contributed by atoms with Gasteiger partial charge in [-0.2, -0.15) is 0 Å². The first-order valence-electron chi connectivity index (χ1n) is 12.4. The third kappa shape index (κ3) is 6.70. The quantitative estimate of drug-likeness (QED) is 0.322. The SMILES string of the molecule is CCCCC[C@@H](CC[C@@H]1C2Cc3cccc(OCC(=O)O)c3CC2C[C@H]1O)OC(=O)C(C)N. The zero-order valence-corrected chi connectivity index (χ0v) is 19.9. The maximum Gasteiger partial charge on any atom is 0.341 e. The Kier molecular flexibility index (Phi) is 9.15. The first-order valence-corrected chi connectivity index (χ1v) is 12.4. The van der Waals surface area contributed by atoms with Gasteiger partial charge in [0.15, 0.2) is 6.61 Å². The van der Waals surface area contributed by atoms with E-state index < -0.39 is 12.0 Å². The molecule has 7 heteroatoms. The summed E-state index contributed by atoms with van der Waals surface area (Å²) < 4.78 is 11.2. The lowest BCUT2D eigenvalue weighted by molar-refractivity contribution is -0.151. The van der Waals surface area contributed by atoms with Gasteiger partial charge in [-0.25, -0.2) is 4.79 Å². The second kappa shape index (κ2) is 11.8. The predicted molar refractivity (Wildman–Crippen MR) is 125 cm³/mol. The zero-order chi connectivity index (χ0) is 24.0. The molecule has 1 fully saturated rings. The highest BCUT2D eigenvalue weighted by Gasteiger charge is 2.45. The van der Waals surface area contributed by atoms with Crippen LogP contribution >= 0.6 is 0 Å². The molecule has 4 N–H and O–H groups in total. The van der Waals surface area contributed by atoms with Gasteiger partial charge in [-0.05, 0) is 86.8 Å². The molecule has 1 aromatic rings. The van der Waals surface area contributed by atoms with E-state index in [0.29, 0.717) is 17.6 Å². The van der Waals surface area contributed by atoms with Crippen molar-refractivity contribution in [3.8, 4) is 5.75 Å². The number of aliphatic carboxylic acids is 1. The number of nitrogens with two attached hydrogens (primary N) is 1. The minimum Gasteiger partial charge on any atom is -0.482 e. The number of esters is 1. The molecule has 2 aliphatic rings. The Morgan fingerprint density at radius 1 is 1.21 bits per heavy atom. The Hall–Kier alpha value is -2.12. The summed E-state index contributed by atoms with van der Waals surface area (Å²) in [5.74, 6) is 0.164. The van der Waals surface area contributed by atoms with E-state index in [-0.39, 0.29) is 30.7 Å². The summed E-state index contributed by atoms with van der Waals surface area (Å²) in [5.41, 5.74) is 7.97. The number of hydrogen-bond acceptors (Lipinski definition) is 6. The molecule has 0 radical (unpaired) electrons. The van der Waals surface area contributed by atoms with Crippen molar-refractivity contribution >= 4 is 11.9 Å². The van der Waals surface area contributed by atoms with Crippen molar-refractivity contribution in [1.29, 1.82) is 0 Å². The highest BCUT2D eigenvalue weighted by Crippen LogP contribution is 2.48. The molecule has 1 saturated carbocycles. The average Bonchev–Trinajstić information content (AvgIpc) is 3.08. The molecule has 3 rings (SSSR count). The van der Waals surface area contributed by atoms with E-state index in [2.05, 4.69) is 13.0 Å². The third-order valence-corrected chi connectivity index (χ3v) is 7.30. The van der Waals surface area contributed by atoms with E-state index in [1.54, 1.807) is 6.92 Å². The highest BCUT2D eigenvalue weighted by molar-refractivity contribution is 5.75. The van der Waals surface area contributed by atoms with E-state index in [0.717, 1.165) is 63.4 Å². The monoisotopic (exact) mass is 461 g/mol. The molecule has 1 aromatic carbocycles. The van der Waals surface area contributed by atoms with Gasteiger partial charge in [-0.1, -0.05) is 31.9 Å². The van der Waals surface area contributed by atoms with E-state index in [1.807, 2.05) is 12.1 Å². The van der Waals surface area contributed by atoms with Crippen LogP contribution in [0.5, 0.6) is 5.75 Å². The van der Waals surface area contributed by atoms with Crippen LogP contribution in [0.15, 0.2) is 18.2 Å². The van der Waals surface area contributed by atoms with Gasteiger partial charge in [0.25, 0.3) is 0 Å². The Morgan fingerprint density at radius 2 is 2.00 bits per heavy atom. The Morgan fingerprint density at radius 3 is 2.70 bits per heavy atom. The van der Waals surface area contributed by atoms with Crippen molar-refractivity contribution in [2.75, 3.05) is 6.61 Å². The number of rotatable bonds is 12. The zero-order valence-electron chi connectivity index (χ0n) is 19.9. The van der Waals surface area contributed by atoms with Crippen LogP contribution in [0.3, 0.4) is 0 Å². The number of fused-ring (bicyclic) bond motifs is 2. The summed E-state index contributed by atoms with van der Waals surface area (Å²) in [5, 5.41) is 19.9. The average molecular weight is 462 g/mol. The molecule has 6 atom stereocenters. The van der Waals surface area contributed by atoms with Crippen LogP contribution in [-0.2, 0) is 27.2 Å². The van der Waals surface area contributed by atoms with Crippen LogP contribution in [0.1, 0.15) is 69.9 Å². The molecule has 184 valence electrons. The van der Waals surface area contributed by atoms with Crippen LogP contribution < -0.4 is 10.5 Å². The number of carboxylic acid groups (broad SMARTS) is 1. The first kappa shape index (κ1) is 25.5. The molecule has 0 aliphatic heterocycles.